The molecule has 0 radical (unpaired) electrons. The molecule has 1 aliphatic heterocycles. The highest BCUT2D eigenvalue weighted by Crippen LogP contribution is 2.45. The van der Waals surface area contributed by atoms with Gasteiger partial charge in [-0.2, -0.15) is 13.2 Å². The van der Waals surface area contributed by atoms with Gasteiger partial charge < -0.3 is 14.5 Å². The zero-order valence-corrected chi connectivity index (χ0v) is 16.6. The van der Waals surface area contributed by atoms with Crippen LogP contribution in [0.15, 0.2) is 50.1 Å². The fourth-order valence-corrected chi connectivity index (χ4v) is 3.51. The summed E-state index contributed by atoms with van der Waals surface area (Å²) in [4.78, 5) is 28.0. The maximum absolute atomic E-state index is 14.4. The molecule has 1 atom stereocenters. The van der Waals surface area contributed by atoms with Gasteiger partial charge in [-0.25, -0.2) is 14.0 Å². The summed E-state index contributed by atoms with van der Waals surface area (Å²) in [5.74, 6) is -3.46. The molecule has 1 aromatic carbocycles. The van der Waals surface area contributed by atoms with Crippen LogP contribution in [0.1, 0.15) is 31.1 Å². The lowest BCUT2D eigenvalue weighted by molar-refractivity contribution is -0.139. The Hall–Kier alpha value is -3.61. The number of ether oxygens (including phenoxy) is 1. The number of nitrogens with one attached hydrogen (secondary N) is 1. The smallest absolute Gasteiger partial charge is 0.421 e. The van der Waals surface area contributed by atoms with Gasteiger partial charge in [0.25, 0.3) is 0 Å². The molecule has 0 bridgehead atoms. The van der Waals surface area contributed by atoms with Gasteiger partial charge in [0.1, 0.15) is 22.9 Å². The van der Waals surface area contributed by atoms with Gasteiger partial charge in [0.05, 0.1) is 30.1 Å². The van der Waals surface area contributed by atoms with Crippen LogP contribution in [-0.2, 0) is 9.53 Å². The molecule has 0 saturated carbocycles. The monoisotopic (exact) mass is 436 g/mol. The number of nitrogens with zero attached hydrogens (tertiary/aromatic N) is 1. The highest BCUT2D eigenvalue weighted by molar-refractivity contribution is 5.94. The third kappa shape index (κ3) is 3.91. The lowest BCUT2D eigenvalue weighted by atomic mass is 9.83. The van der Waals surface area contributed by atoms with Crippen LogP contribution in [-0.4, -0.2) is 18.8 Å². The zero-order valence-electron chi connectivity index (χ0n) is 16.6. The number of fused-ring (bicyclic) bond motifs is 1. The number of rotatable bonds is 3. The second kappa shape index (κ2) is 7.91. The van der Waals surface area contributed by atoms with E-state index in [-0.39, 0.29) is 40.2 Å². The van der Waals surface area contributed by atoms with Crippen molar-refractivity contribution in [2.45, 2.75) is 32.9 Å². The zero-order chi connectivity index (χ0) is 23.1. The maximum atomic E-state index is 14.4. The minimum absolute atomic E-state index is 0.0797. The number of esters is 1. The van der Waals surface area contributed by atoms with E-state index in [9.17, 15) is 27.2 Å². The van der Waals surface area contributed by atoms with Crippen molar-refractivity contribution < 1.29 is 31.5 Å². The second-order valence-electron chi connectivity index (χ2n) is 6.78. The first-order valence-corrected chi connectivity index (χ1v) is 9.07. The minimum Gasteiger partial charge on any atom is -0.463 e. The number of aryl methyl sites for hydroxylation is 1. The maximum Gasteiger partial charge on any atom is 0.421 e. The van der Waals surface area contributed by atoms with Crippen molar-refractivity contribution in [2.24, 2.45) is 0 Å². The lowest BCUT2D eigenvalue weighted by Crippen LogP contribution is -2.35. The Balaban J connectivity index is 2.47. The van der Waals surface area contributed by atoms with Crippen LogP contribution < -0.4 is 10.7 Å². The highest BCUT2D eigenvalue weighted by Gasteiger charge is 2.46. The molecule has 1 aliphatic rings. The standard InChI is InChI=1S/C21H16F4N2O4/c1-5-30-20(29)15-10(3)27-19(21(23,24)25)17(26-4)16(15)13-8-11(22)7-12-14(28)6-9(2)31-18(12)13/h6-8,16,27H,5H2,1-3H3. The molecule has 1 aromatic heterocycles. The number of benzene rings is 1. The van der Waals surface area contributed by atoms with Crippen molar-refractivity contribution in [1.82, 2.24) is 5.32 Å². The number of dihydropyridines is 1. The number of halogens is 4. The average molecular weight is 436 g/mol. The Morgan fingerprint density at radius 3 is 2.55 bits per heavy atom. The van der Waals surface area contributed by atoms with Gasteiger partial charge in [-0.05, 0) is 32.9 Å². The summed E-state index contributed by atoms with van der Waals surface area (Å²) in [7, 11) is 0. The van der Waals surface area contributed by atoms with Crippen molar-refractivity contribution in [3.05, 3.63) is 79.6 Å². The second-order valence-corrected chi connectivity index (χ2v) is 6.78. The third-order valence-electron chi connectivity index (χ3n) is 4.69. The molecule has 6 nitrogen and oxygen atoms in total. The quantitative estimate of drug-likeness (QED) is 0.437. The SMILES string of the molecule is [C-]#[N+]C1=C(C(F)(F)F)NC(C)=C(C(=O)OCC)C1c1cc(F)cc2c(=O)cc(C)oc12. The van der Waals surface area contributed by atoms with Gasteiger partial charge in [-0.15, -0.1) is 0 Å². The van der Waals surface area contributed by atoms with E-state index in [0.717, 1.165) is 18.2 Å². The molecule has 2 heterocycles. The molecule has 0 saturated heterocycles. The molecular weight excluding hydrogens is 420 g/mol. The molecule has 0 amide bonds. The number of hydrogen-bond acceptors (Lipinski definition) is 5. The molecule has 0 spiro atoms. The molecule has 162 valence electrons. The number of carbonyl (C=O) groups is 1. The van der Waals surface area contributed by atoms with Crippen molar-refractivity contribution in [2.75, 3.05) is 6.61 Å². The van der Waals surface area contributed by atoms with Crippen LogP contribution in [0.3, 0.4) is 0 Å². The number of alkyl halides is 3. The molecule has 31 heavy (non-hydrogen) atoms. The summed E-state index contributed by atoms with van der Waals surface area (Å²) in [5.41, 5.74) is -3.88. The number of carbonyl (C=O) groups excluding carboxylic acids is 1. The molecule has 10 heteroatoms. The fraction of sp³-hybridized carbons (Fsp3) is 0.286. The number of allylic oxidation sites excluding steroid dienone is 3. The van der Waals surface area contributed by atoms with Crippen molar-refractivity contribution in [1.29, 1.82) is 0 Å². The number of hydrogen-bond donors (Lipinski definition) is 1. The predicted octanol–water partition coefficient (Wildman–Crippen LogP) is 4.46. The summed E-state index contributed by atoms with van der Waals surface area (Å²) in [5, 5.41) is 1.84. The average Bonchev–Trinajstić information content (AvgIpc) is 2.66. The Kier molecular flexibility index (Phi) is 5.63. The summed E-state index contributed by atoms with van der Waals surface area (Å²) in [6.07, 6.45) is -4.96. The van der Waals surface area contributed by atoms with Crippen molar-refractivity contribution in [3.8, 4) is 0 Å². The van der Waals surface area contributed by atoms with Crippen LogP contribution in [0.2, 0.25) is 0 Å². The van der Waals surface area contributed by atoms with Crippen LogP contribution in [0.5, 0.6) is 0 Å². The first kappa shape index (κ1) is 22.1. The van der Waals surface area contributed by atoms with Crippen LogP contribution >= 0.6 is 0 Å². The molecule has 0 aliphatic carbocycles. The van der Waals surface area contributed by atoms with E-state index in [1.165, 1.54) is 20.8 Å². The molecule has 1 N–H and O–H groups in total. The van der Waals surface area contributed by atoms with Crippen LogP contribution in [0.25, 0.3) is 15.8 Å². The first-order chi connectivity index (χ1) is 14.5. The van der Waals surface area contributed by atoms with Gasteiger partial charge >= 0.3 is 12.1 Å². The highest BCUT2D eigenvalue weighted by atomic mass is 19.4. The summed E-state index contributed by atoms with van der Waals surface area (Å²) >= 11 is 0. The van der Waals surface area contributed by atoms with E-state index < -0.39 is 40.7 Å². The van der Waals surface area contributed by atoms with E-state index in [2.05, 4.69) is 10.2 Å². The Morgan fingerprint density at radius 1 is 1.29 bits per heavy atom. The van der Waals surface area contributed by atoms with Gasteiger partial charge in [0, 0.05) is 17.3 Å². The van der Waals surface area contributed by atoms with Gasteiger partial charge in [-0.3, -0.25) is 4.79 Å². The van der Waals surface area contributed by atoms with Crippen LogP contribution in [0, 0.1) is 19.3 Å². The molecule has 0 fully saturated rings. The largest absolute Gasteiger partial charge is 0.463 e. The predicted molar refractivity (Wildman–Crippen MR) is 102 cm³/mol. The first-order valence-electron chi connectivity index (χ1n) is 9.07. The van der Waals surface area contributed by atoms with Crippen molar-refractivity contribution >= 4 is 16.9 Å². The van der Waals surface area contributed by atoms with Crippen LogP contribution in [0.4, 0.5) is 17.6 Å². The summed E-state index contributed by atoms with van der Waals surface area (Å²) in [6, 6.07) is 2.85. The van der Waals surface area contributed by atoms with E-state index in [1.54, 1.807) is 0 Å². The molecule has 1 unspecified atom stereocenters. The van der Waals surface area contributed by atoms with E-state index in [0.29, 0.717) is 0 Å². The Labute approximate surface area is 173 Å². The van der Waals surface area contributed by atoms with E-state index in [1.807, 2.05) is 0 Å². The fourth-order valence-electron chi connectivity index (χ4n) is 3.51. The summed E-state index contributed by atoms with van der Waals surface area (Å²) < 4.78 is 66.0. The minimum atomic E-state index is -4.96. The Morgan fingerprint density at radius 2 is 1.97 bits per heavy atom. The lowest BCUT2D eigenvalue weighted by Gasteiger charge is -2.30. The van der Waals surface area contributed by atoms with E-state index >= 15 is 0 Å². The Bertz CT molecular complexity index is 1250. The van der Waals surface area contributed by atoms with E-state index in [4.69, 9.17) is 15.7 Å². The topological polar surface area (TPSA) is 72.9 Å². The molecule has 2 aromatic rings. The van der Waals surface area contributed by atoms with Gasteiger partial charge in [0.2, 0.25) is 5.70 Å². The molecular formula is C21H16F4N2O4. The van der Waals surface area contributed by atoms with Crippen molar-refractivity contribution in [3.63, 3.8) is 0 Å². The summed E-state index contributed by atoms with van der Waals surface area (Å²) in [6.45, 7) is 11.5. The molecule has 3 rings (SSSR count). The van der Waals surface area contributed by atoms with Gasteiger partial charge in [0.15, 0.2) is 5.43 Å². The van der Waals surface area contributed by atoms with Gasteiger partial charge in [-0.1, -0.05) is 0 Å². The normalized spacial score (nSPS) is 16.9. The third-order valence-corrected chi connectivity index (χ3v) is 4.69.